The van der Waals surface area contributed by atoms with Crippen LogP contribution in [0.25, 0.3) is 0 Å². The fourth-order valence-electron chi connectivity index (χ4n) is 1.94. The molecule has 0 aliphatic carbocycles. The third-order valence-electron chi connectivity index (χ3n) is 2.95. The zero-order valence-electron chi connectivity index (χ0n) is 11.8. The van der Waals surface area contributed by atoms with Crippen molar-refractivity contribution in [3.05, 3.63) is 35.4 Å². The van der Waals surface area contributed by atoms with Crippen LogP contribution in [0.15, 0.2) is 24.3 Å². The molecule has 0 saturated heterocycles. The Labute approximate surface area is 116 Å². The predicted molar refractivity (Wildman–Crippen MR) is 82.7 cm³/mol. The van der Waals surface area contributed by atoms with E-state index in [0.717, 1.165) is 18.7 Å². The Morgan fingerprint density at radius 3 is 2.11 bits per heavy atom. The quantitative estimate of drug-likeness (QED) is 0.800. The Bertz CT molecular complexity index is 382. The molecule has 0 aliphatic heterocycles. The Balaban J connectivity index is 2.72. The fourth-order valence-corrected chi connectivity index (χ4v) is 2.07. The smallest absolute Gasteiger partial charge is 0.103 e. The molecule has 0 amide bonds. The van der Waals surface area contributed by atoms with Gasteiger partial charge in [0.25, 0.3) is 0 Å². The number of hydrogen-bond donors (Lipinski definition) is 1. The van der Waals surface area contributed by atoms with Crippen LogP contribution in [0.1, 0.15) is 38.8 Å². The molecule has 0 fully saturated rings. The van der Waals surface area contributed by atoms with Crippen LogP contribution in [0.2, 0.25) is 0 Å². The number of rotatable bonds is 6. The minimum atomic E-state index is 0.462. The maximum Gasteiger partial charge on any atom is 0.103 e. The largest absolute Gasteiger partial charge is 0.389 e. The first-order valence-corrected chi connectivity index (χ1v) is 6.93. The van der Waals surface area contributed by atoms with Gasteiger partial charge in [-0.15, -0.1) is 0 Å². The van der Waals surface area contributed by atoms with E-state index in [1.54, 1.807) is 0 Å². The van der Waals surface area contributed by atoms with E-state index in [-0.39, 0.29) is 0 Å². The van der Waals surface area contributed by atoms with Crippen LogP contribution < -0.4 is 5.73 Å². The third kappa shape index (κ3) is 4.75. The lowest BCUT2D eigenvalue weighted by Gasteiger charge is -2.28. The summed E-state index contributed by atoms with van der Waals surface area (Å²) in [6.07, 6.45) is 0. The highest BCUT2D eigenvalue weighted by atomic mass is 32.1. The summed E-state index contributed by atoms with van der Waals surface area (Å²) in [5.74, 6) is 0.684. The molecule has 0 aliphatic rings. The second-order valence-corrected chi connectivity index (χ2v) is 5.92. The SMILES string of the molecule is CC(C)CN(Cc1ccc(C(N)=S)cc1)C(C)C. The molecule has 0 bridgehead atoms. The van der Waals surface area contributed by atoms with E-state index in [0.29, 0.717) is 16.9 Å². The lowest BCUT2D eigenvalue weighted by molar-refractivity contribution is 0.189. The Hall–Kier alpha value is -0.930. The number of nitrogens with two attached hydrogens (primary N) is 1. The molecule has 1 rings (SSSR count). The highest BCUT2D eigenvalue weighted by molar-refractivity contribution is 7.80. The van der Waals surface area contributed by atoms with Crippen LogP contribution in [-0.2, 0) is 6.54 Å². The van der Waals surface area contributed by atoms with Crippen LogP contribution in [-0.4, -0.2) is 22.5 Å². The van der Waals surface area contributed by atoms with Crippen LogP contribution in [0.4, 0.5) is 0 Å². The summed E-state index contributed by atoms with van der Waals surface area (Å²) in [5.41, 5.74) is 7.85. The molecular formula is C15H24N2S. The summed E-state index contributed by atoms with van der Waals surface area (Å²) in [5, 5.41) is 0. The third-order valence-corrected chi connectivity index (χ3v) is 3.19. The van der Waals surface area contributed by atoms with Crippen LogP contribution in [0.3, 0.4) is 0 Å². The van der Waals surface area contributed by atoms with E-state index in [1.165, 1.54) is 5.56 Å². The van der Waals surface area contributed by atoms with E-state index in [4.69, 9.17) is 18.0 Å². The van der Waals surface area contributed by atoms with Crippen molar-refractivity contribution in [1.82, 2.24) is 4.90 Å². The van der Waals surface area contributed by atoms with Gasteiger partial charge in [-0.05, 0) is 25.3 Å². The van der Waals surface area contributed by atoms with Gasteiger partial charge in [0.1, 0.15) is 4.99 Å². The van der Waals surface area contributed by atoms with Crippen LogP contribution in [0.5, 0.6) is 0 Å². The molecular weight excluding hydrogens is 240 g/mol. The molecule has 0 unspecified atom stereocenters. The standard InChI is InChI=1S/C15H24N2S/c1-11(2)9-17(12(3)4)10-13-5-7-14(8-6-13)15(16)18/h5-8,11-12H,9-10H2,1-4H3,(H2,16,18). The first kappa shape index (κ1) is 15.1. The monoisotopic (exact) mass is 264 g/mol. The molecule has 1 aromatic rings. The van der Waals surface area contributed by atoms with Crippen molar-refractivity contribution in [3.8, 4) is 0 Å². The van der Waals surface area contributed by atoms with Gasteiger partial charge in [-0.1, -0.05) is 50.3 Å². The van der Waals surface area contributed by atoms with Gasteiger partial charge in [0.05, 0.1) is 0 Å². The van der Waals surface area contributed by atoms with Gasteiger partial charge in [-0.2, -0.15) is 0 Å². The minimum Gasteiger partial charge on any atom is -0.389 e. The van der Waals surface area contributed by atoms with E-state index in [1.807, 2.05) is 12.1 Å². The zero-order valence-corrected chi connectivity index (χ0v) is 12.6. The molecule has 0 aromatic heterocycles. The van der Waals surface area contributed by atoms with Crippen molar-refractivity contribution in [2.75, 3.05) is 6.54 Å². The number of hydrogen-bond acceptors (Lipinski definition) is 2. The van der Waals surface area contributed by atoms with Crippen molar-refractivity contribution >= 4 is 17.2 Å². The first-order chi connectivity index (χ1) is 8.40. The normalized spacial score (nSPS) is 11.5. The molecule has 0 saturated carbocycles. The minimum absolute atomic E-state index is 0.462. The van der Waals surface area contributed by atoms with Gasteiger partial charge in [-0.3, -0.25) is 4.90 Å². The van der Waals surface area contributed by atoms with Crippen LogP contribution in [0, 0.1) is 5.92 Å². The van der Waals surface area contributed by atoms with Crippen molar-refractivity contribution < 1.29 is 0 Å². The summed E-state index contributed by atoms with van der Waals surface area (Å²) in [7, 11) is 0. The lowest BCUT2D eigenvalue weighted by atomic mass is 10.1. The van der Waals surface area contributed by atoms with E-state index in [9.17, 15) is 0 Å². The van der Waals surface area contributed by atoms with E-state index < -0.39 is 0 Å². The second-order valence-electron chi connectivity index (χ2n) is 5.48. The van der Waals surface area contributed by atoms with Crippen molar-refractivity contribution in [3.63, 3.8) is 0 Å². The van der Waals surface area contributed by atoms with Gasteiger partial charge in [0, 0.05) is 24.7 Å². The number of thiocarbonyl (C=S) groups is 1. The summed E-state index contributed by atoms with van der Waals surface area (Å²) in [6.45, 7) is 11.1. The molecule has 3 heteroatoms. The molecule has 0 spiro atoms. The summed E-state index contributed by atoms with van der Waals surface area (Å²) < 4.78 is 0. The summed E-state index contributed by atoms with van der Waals surface area (Å²) in [6, 6.07) is 8.80. The summed E-state index contributed by atoms with van der Waals surface area (Å²) >= 11 is 4.96. The predicted octanol–water partition coefficient (Wildman–Crippen LogP) is 3.19. The highest BCUT2D eigenvalue weighted by Crippen LogP contribution is 2.12. The Morgan fingerprint density at radius 1 is 1.17 bits per heavy atom. The maximum atomic E-state index is 5.60. The first-order valence-electron chi connectivity index (χ1n) is 6.53. The van der Waals surface area contributed by atoms with Gasteiger partial charge in [0.15, 0.2) is 0 Å². The fraction of sp³-hybridized carbons (Fsp3) is 0.533. The van der Waals surface area contributed by atoms with Gasteiger partial charge in [0.2, 0.25) is 0 Å². The van der Waals surface area contributed by atoms with Crippen molar-refractivity contribution in [2.24, 2.45) is 11.7 Å². The molecule has 0 atom stereocenters. The Kier molecular flexibility index (Phi) is 5.76. The average Bonchev–Trinajstić information content (AvgIpc) is 2.28. The highest BCUT2D eigenvalue weighted by Gasteiger charge is 2.11. The van der Waals surface area contributed by atoms with Crippen molar-refractivity contribution in [2.45, 2.75) is 40.3 Å². The van der Waals surface area contributed by atoms with Gasteiger partial charge < -0.3 is 5.73 Å². The molecule has 100 valence electrons. The van der Waals surface area contributed by atoms with E-state index in [2.05, 4.69) is 44.7 Å². The second kappa shape index (κ2) is 6.86. The zero-order chi connectivity index (χ0) is 13.7. The topological polar surface area (TPSA) is 29.3 Å². The number of nitrogens with zero attached hydrogens (tertiary/aromatic N) is 1. The van der Waals surface area contributed by atoms with Gasteiger partial charge >= 0.3 is 0 Å². The average molecular weight is 264 g/mol. The van der Waals surface area contributed by atoms with Gasteiger partial charge in [-0.25, -0.2) is 0 Å². The number of benzene rings is 1. The Morgan fingerprint density at radius 2 is 1.72 bits per heavy atom. The van der Waals surface area contributed by atoms with Crippen LogP contribution >= 0.6 is 12.2 Å². The van der Waals surface area contributed by atoms with E-state index >= 15 is 0 Å². The molecule has 18 heavy (non-hydrogen) atoms. The molecule has 1 aromatic carbocycles. The van der Waals surface area contributed by atoms with Crippen molar-refractivity contribution in [1.29, 1.82) is 0 Å². The molecule has 0 heterocycles. The molecule has 2 N–H and O–H groups in total. The summed E-state index contributed by atoms with van der Waals surface area (Å²) in [4.78, 5) is 2.95. The lowest BCUT2D eigenvalue weighted by Crippen LogP contribution is -2.33. The molecule has 2 nitrogen and oxygen atoms in total. The molecule has 0 radical (unpaired) electrons. The maximum absolute atomic E-state index is 5.60.